The number of nitrogens with one attached hydrogen (secondary N) is 2. The molecule has 0 radical (unpaired) electrons. The highest BCUT2D eigenvalue weighted by Gasteiger charge is 2.29. The summed E-state index contributed by atoms with van der Waals surface area (Å²) in [5.41, 5.74) is 1.94. The van der Waals surface area contributed by atoms with Gasteiger partial charge >= 0.3 is 0 Å². The van der Waals surface area contributed by atoms with Crippen LogP contribution in [0.4, 0.5) is 0 Å². The summed E-state index contributed by atoms with van der Waals surface area (Å²) in [6.07, 6.45) is 0. The van der Waals surface area contributed by atoms with E-state index in [-0.39, 0.29) is 18.4 Å². The first-order valence-corrected chi connectivity index (χ1v) is 6.38. The molecule has 0 saturated carbocycles. The van der Waals surface area contributed by atoms with Crippen LogP contribution in [0.2, 0.25) is 0 Å². The maximum absolute atomic E-state index is 12.0. The SMILES string of the molecule is CC1CNCC1C(=O)NCc1ccc(CO)cc1. The molecule has 18 heavy (non-hydrogen) atoms. The fraction of sp³-hybridized carbons (Fsp3) is 0.500. The van der Waals surface area contributed by atoms with Gasteiger partial charge in [-0.05, 0) is 23.6 Å². The molecule has 1 fully saturated rings. The van der Waals surface area contributed by atoms with Crippen molar-refractivity contribution in [3.63, 3.8) is 0 Å². The molecular weight excluding hydrogens is 228 g/mol. The lowest BCUT2D eigenvalue weighted by molar-refractivity contribution is -0.125. The molecule has 1 aliphatic rings. The Morgan fingerprint density at radius 1 is 1.33 bits per heavy atom. The number of carbonyl (C=O) groups is 1. The largest absolute Gasteiger partial charge is 0.392 e. The van der Waals surface area contributed by atoms with Crippen molar-refractivity contribution in [3.8, 4) is 0 Å². The summed E-state index contributed by atoms with van der Waals surface area (Å²) in [5, 5.41) is 15.1. The second kappa shape index (κ2) is 5.98. The van der Waals surface area contributed by atoms with Gasteiger partial charge in [0.2, 0.25) is 5.91 Å². The summed E-state index contributed by atoms with van der Waals surface area (Å²) in [4.78, 5) is 12.0. The van der Waals surface area contributed by atoms with Crippen LogP contribution in [-0.4, -0.2) is 24.1 Å². The van der Waals surface area contributed by atoms with Crippen LogP contribution in [0.1, 0.15) is 18.1 Å². The van der Waals surface area contributed by atoms with Gasteiger partial charge in [0, 0.05) is 13.1 Å². The van der Waals surface area contributed by atoms with Gasteiger partial charge in [0.05, 0.1) is 12.5 Å². The number of hydrogen-bond acceptors (Lipinski definition) is 3. The van der Waals surface area contributed by atoms with Gasteiger partial charge in [0.15, 0.2) is 0 Å². The zero-order valence-corrected chi connectivity index (χ0v) is 10.6. The molecule has 0 aromatic heterocycles. The summed E-state index contributed by atoms with van der Waals surface area (Å²) < 4.78 is 0. The van der Waals surface area contributed by atoms with Crippen molar-refractivity contribution in [2.45, 2.75) is 20.1 Å². The molecule has 98 valence electrons. The lowest BCUT2D eigenvalue weighted by Gasteiger charge is -2.14. The van der Waals surface area contributed by atoms with Crippen molar-refractivity contribution in [2.24, 2.45) is 11.8 Å². The summed E-state index contributed by atoms with van der Waals surface area (Å²) in [5.74, 6) is 0.613. The molecule has 2 atom stereocenters. The highest BCUT2D eigenvalue weighted by molar-refractivity contribution is 5.79. The van der Waals surface area contributed by atoms with Crippen molar-refractivity contribution in [1.29, 1.82) is 0 Å². The van der Waals surface area contributed by atoms with E-state index in [4.69, 9.17) is 5.11 Å². The molecule has 1 saturated heterocycles. The van der Waals surface area contributed by atoms with E-state index in [2.05, 4.69) is 17.6 Å². The van der Waals surface area contributed by atoms with Crippen LogP contribution in [0.15, 0.2) is 24.3 Å². The van der Waals surface area contributed by atoms with E-state index >= 15 is 0 Å². The van der Waals surface area contributed by atoms with Crippen molar-refractivity contribution in [2.75, 3.05) is 13.1 Å². The highest BCUT2D eigenvalue weighted by atomic mass is 16.3. The highest BCUT2D eigenvalue weighted by Crippen LogP contribution is 2.15. The second-order valence-electron chi connectivity index (χ2n) is 4.93. The molecule has 0 bridgehead atoms. The minimum Gasteiger partial charge on any atom is -0.392 e. The molecule has 1 amide bonds. The van der Waals surface area contributed by atoms with Gasteiger partial charge in [-0.2, -0.15) is 0 Å². The Kier molecular flexibility index (Phi) is 4.33. The Morgan fingerprint density at radius 3 is 2.56 bits per heavy atom. The smallest absolute Gasteiger partial charge is 0.224 e. The number of carbonyl (C=O) groups excluding carboxylic acids is 1. The van der Waals surface area contributed by atoms with E-state index < -0.39 is 0 Å². The van der Waals surface area contributed by atoms with Gasteiger partial charge in [-0.25, -0.2) is 0 Å². The lowest BCUT2D eigenvalue weighted by Crippen LogP contribution is -2.33. The van der Waals surface area contributed by atoms with Gasteiger partial charge in [0.1, 0.15) is 0 Å². The quantitative estimate of drug-likeness (QED) is 0.733. The topological polar surface area (TPSA) is 61.4 Å². The van der Waals surface area contributed by atoms with Crippen LogP contribution in [0.3, 0.4) is 0 Å². The Balaban J connectivity index is 1.85. The second-order valence-corrected chi connectivity index (χ2v) is 4.93. The van der Waals surface area contributed by atoms with E-state index in [0.29, 0.717) is 12.5 Å². The molecule has 3 N–H and O–H groups in total. The number of aliphatic hydroxyl groups excluding tert-OH is 1. The van der Waals surface area contributed by atoms with Crippen LogP contribution >= 0.6 is 0 Å². The molecule has 4 heteroatoms. The standard InChI is InChI=1S/C14H20N2O2/c1-10-6-15-8-13(10)14(18)16-7-11-2-4-12(9-17)5-3-11/h2-5,10,13,15,17H,6-9H2,1H3,(H,16,18). The fourth-order valence-corrected chi connectivity index (χ4v) is 2.24. The molecule has 0 aliphatic carbocycles. The number of rotatable bonds is 4. The van der Waals surface area contributed by atoms with Crippen LogP contribution in [0.5, 0.6) is 0 Å². The van der Waals surface area contributed by atoms with Crippen molar-refractivity contribution < 1.29 is 9.90 Å². The number of hydrogen-bond donors (Lipinski definition) is 3. The Bertz CT molecular complexity index is 403. The van der Waals surface area contributed by atoms with Gasteiger partial charge in [-0.15, -0.1) is 0 Å². The third kappa shape index (κ3) is 3.09. The first-order chi connectivity index (χ1) is 8.70. The first-order valence-electron chi connectivity index (χ1n) is 6.38. The molecular formula is C14H20N2O2. The minimum atomic E-state index is 0.0535. The average Bonchev–Trinajstić information content (AvgIpc) is 2.83. The monoisotopic (exact) mass is 248 g/mol. The van der Waals surface area contributed by atoms with Crippen LogP contribution < -0.4 is 10.6 Å². The predicted octanol–water partition coefficient (Wildman–Crippen LogP) is 0.651. The maximum Gasteiger partial charge on any atom is 0.224 e. The average molecular weight is 248 g/mol. The van der Waals surface area contributed by atoms with E-state index in [1.165, 1.54) is 0 Å². The van der Waals surface area contributed by atoms with Crippen LogP contribution in [0, 0.1) is 11.8 Å². The van der Waals surface area contributed by atoms with E-state index in [1.54, 1.807) is 0 Å². The summed E-state index contributed by atoms with van der Waals surface area (Å²) >= 11 is 0. The van der Waals surface area contributed by atoms with Crippen molar-refractivity contribution in [1.82, 2.24) is 10.6 Å². The van der Waals surface area contributed by atoms with Crippen LogP contribution in [-0.2, 0) is 17.9 Å². The summed E-state index contributed by atoms with van der Waals surface area (Å²) in [6.45, 7) is 4.39. The molecule has 1 aromatic rings. The van der Waals surface area contributed by atoms with Crippen molar-refractivity contribution in [3.05, 3.63) is 35.4 Å². The van der Waals surface area contributed by atoms with E-state index in [9.17, 15) is 4.79 Å². The molecule has 4 nitrogen and oxygen atoms in total. The number of aliphatic hydroxyl groups is 1. The Hall–Kier alpha value is -1.39. The lowest BCUT2D eigenvalue weighted by atomic mass is 9.97. The molecule has 2 unspecified atom stereocenters. The Morgan fingerprint density at radius 2 is 2.00 bits per heavy atom. The zero-order chi connectivity index (χ0) is 13.0. The molecule has 1 aliphatic heterocycles. The van der Waals surface area contributed by atoms with Gasteiger partial charge in [-0.3, -0.25) is 4.79 Å². The minimum absolute atomic E-state index is 0.0535. The zero-order valence-electron chi connectivity index (χ0n) is 10.6. The number of benzene rings is 1. The van der Waals surface area contributed by atoms with Gasteiger partial charge in [-0.1, -0.05) is 31.2 Å². The normalized spacial score (nSPS) is 23.0. The first kappa shape index (κ1) is 13.1. The van der Waals surface area contributed by atoms with E-state index in [0.717, 1.165) is 24.2 Å². The Labute approximate surface area is 107 Å². The van der Waals surface area contributed by atoms with E-state index in [1.807, 2.05) is 24.3 Å². The van der Waals surface area contributed by atoms with Gasteiger partial charge in [0.25, 0.3) is 0 Å². The molecule has 0 spiro atoms. The summed E-state index contributed by atoms with van der Waals surface area (Å²) in [7, 11) is 0. The molecule has 1 heterocycles. The van der Waals surface area contributed by atoms with Crippen molar-refractivity contribution >= 4 is 5.91 Å². The maximum atomic E-state index is 12.0. The van der Waals surface area contributed by atoms with Crippen LogP contribution in [0.25, 0.3) is 0 Å². The molecule has 1 aromatic carbocycles. The fourth-order valence-electron chi connectivity index (χ4n) is 2.24. The molecule has 2 rings (SSSR count). The number of amides is 1. The predicted molar refractivity (Wildman–Crippen MR) is 69.7 cm³/mol. The third-order valence-electron chi connectivity index (χ3n) is 3.53. The third-order valence-corrected chi connectivity index (χ3v) is 3.53. The summed E-state index contributed by atoms with van der Waals surface area (Å²) in [6, 6.07) is 7.62. The van der Waals surface area contributed by atoms with Gasteiger partial charge < -0.3 is 15.7 Å².